The van der Waals surface area contributed by atoms with E-state index in [0.29, 0.717) is 31.2 Å². The lowest BCUT2D eigenvalue weighted by Crippen LogP contribution is -2.47. The Morgan fingerprint density at radius 3 is 2.34 bits per heavy atom. The molecule has 0 radical (unpaired) electrons. The van der Waals surface area contributed by atoms with Crippen LogP contribution in [0.5, 0.6) is 0 Å². The smallest absolute Gasteiger partial charge is 0.475 e. The highest BCUT2D eigenvalue weighted by Crippen LogP contribution is 2.31. The number of imide groups is 1. The predicted molar refractivity (Wildman–Crippen MR) is 221 cm³/mol. The predicted octanol–water partition coefficient (Wildman–Crippen LogP) is 6.97. The van der Waals surface area contributed by atoms with Gasteiger partial charge in [0.1, 0.15) is 6.04 Å². The fourth-order valence-electron chi connectivity index (χ4n) is 7.42. The molecule has 3 amide bonds. The standard InChI is InChI=1S/C42H50N8O4.C2HF3O2/c1-27-23-31(8-9-32(27)25-43-40(53)38-47-41(54-48-38)42(2,3)4)34-16-19-44-50-26-28(24-36(34)50)7-5-6-20-49-21-17-30(18-22-49)29-10-12-33(13-11-29)45-35-14-15-37(51)46-39(35)52;3-2(4,5)1(6)7/h8-13,16,19,23-24,26,30,35,45H,5-7,14-15,17-18,20-22,25H2,1-4H3,(H,43,53)(H,46,51,52);(H,6,7). The number of alkyl halides is 3. The molecule has 14 nitrogen and oxygen atoms in total. The van der Waals surface area contributed by atoms with Gasteiger partial charge in [0.2, 0.25) is 17.7 Å². The maximum atomic E-state index is 12.7. The molecule has 2 aliphatic heterocycles. The lowest BCUT2D eigenvalue weighted by atomic mass is 9.89. The molecule has 5 heterocycles. The highest BCUT2D eigenvalue weighted by atomic mass is 19.4. The quantitative estimate of drug-likeness (QED) is 0.0751. The Balaban J connectivity index is 0.000000819. The summed E-state index contributed by atoms with van der Waals surface area (Å²) < 4.78 is 39.0. The maximum Gasteiger partial charge on any atom is 0.490 e. The molecule has 7 rings (SSSR count). The van der Waals surface area contributed by atoms with Crippen LogP contribution in [0, 0.1) is 6.92 Å². The van der Waals surface area contributed by atoms with Gasteiger partial charge in [-0.2, -0.15) is 23.3 Å². The molecule has 3 aromatic heterocycles. The zero-order valence-electron chi connectivity index (χ0n) is 34.6. The van der Waals surface area contributed by atoms with E-state index in [4.69, 9.17) is 14.4 Å². The van der Waals surface area contributed by atoms with Crippen molar-refractivity contribution in [2.75, 3.05) is 25.0 Å². The van der Waals surface area contributed by atoms with Crippen molar-refractivity contribution in [2.24, 2.45) is 0 Å². The van der Waals surface area contributed by atoms with Gasteiger partial charge in [0.15, 0.2) is 0 Å². The molecule has 2 aliphatic rings. The number of piperidine rings is 2. The van der Waals surface area contributed by atoms with E-state index in [2.05, 4.69) is 104 Å². The molecule has 1 unspecified atom stereocenters. The molecule has 0 saturated carbocycles. The monoisotopic (exact) mass is 844 g/mol. The molecule has 2 saturated heterocycles. The summed E-state index contributed by atoms with van der Waals surface area (Å²) in [6, 6.07) is 18.8. The van der Waals surface area contributed by atoms with E-state index < -0.39 is 12.1 Å². The number of rotatable bonds is 12. The van der Waals surface area contributed by atoms with Crippen LogP contribution >= 0.6 is 0 Å². The molecule has 1 atom stereocenters. The van der Waals surface area contributed by atoms with E-state index in [1.54, 1.807) is 0 Å². The van der Waals surface area contributed by atoms with Crippen molar-refractivity contribution in [3.05, 3.63) is 101 Å². The number of aromatic nitrogens is 4. The van der Waals surface area contributed by atoms with E-state index in [0.717, 1.165) is 85.2 Å². The summed E-state index contributed by atoms with van der Waals surface area (Å²) in [6.45, 7) is 11.6. The number of hydrogen-bond acceptors (Lipinski definition) is 10. The summed E-state index contributed by atoms with van der Waals surface area (Å²) in [5.41, 5.74) is 8.65. The van der Waals surface area contributed by atoms with Gasteiger partial charge in [-0.05, 0) is 123 Å². The first-order valence-corrected chi connectivity index (χ1v) is 20.4. The first-order chi connectivity index (χ1) is 28.9. The second kappa shape index (κ2) is 19.1. The lowest BCUT2D eigenvalue weighted by Gasteiger charge is -2.32. The minimum atomic E-state index is -5.08. The fraction of sp³-hybridized carbons (Fsp3) is 0.432. The molecule has 0 bridgehead atoms. The van der Waals surface area contributed by atoms with Crippen molar-refractivity contribution in [3.63, 3.8) is 0 Å². The van der Waals surface area contributed by atoms with Gasteiger partial charge in [-0.1, -0.05) is 56.3 Å². The molecule has 2 fully saturated rings. The van der Waals surface area contributed by atoms with E-state index in [9.17, 15) is 27.6 Å². The van der Waals surface area contributed by atoms with Crippen LogP contribution in [-0.4, -0.2) is 85.3 Å². The summed E-state index contributed by atoms with van der Waals surface area (Å²) in [5.74, 6) is -2.54. The van der Waals surface area contributed by atoms with Crippen molar-refractivity contribution in [1.29, 1.82) is 0 Å². The third-order valence-electron chi connectivity index (χ3n) is 10.9. The number of likely N-dealkylation sites (tertiary alicyclic amines) is 1. The Bertz CT molecular complexity index is 2340. The second-order valence-electron chi connectivity index (χ2n) is 16.6. The minimum absolute atomic E-state index is 0.0428. The maximum absolute atomic E-state index is 12.7. The van der Waals surface area contributed by atoms with Gasteiger partial charge in [-0.25, -0.2) is 9.31 Å². The molecule has 2 aromatic carbocycles. The first kappa shape index (κ1) is 44.5. The SMILES string of the molecule is Cc1cc(-c2ccnn3cc(CCCCN4CCC(c5ccc(NC6CCC(=O)NC6=O)cc5)CC4)cc23)ccc1CNC(=O)c1noc(C(C)(C)C)n1.O=C(O)C(F)(F)F. The van der Waals surface area contributed by atoms with Gasteiger partial charge in [0.05, 0.1) is 5.52 Å². The van der Waals surface area contributed by atoms with Gasteiger partial charge in [-0.15, -0.1) is 0 Å². The van der Waals surface area contributed by atoms with Gasteiger partial charge in [0.25, 0.3) is 11.7 Å². The van der Waals surface area contributed by atoms with E-state index in [1.807, 2.05) is 31.5 Å². The Morgan fingerprint density at radius 1 is 0.984 bits per heavy atom. The van der Waals surface area contributed by atoms with Gasteiger partial charge < -0.3 is 25.2 Å². The molecule has 61 heavy (non-hydrogen) atoms. The fourth-order valence-corrected chi connectivity index (χ4v) is 7.42. The number of carboxylic acid groups (broad SMARTS) is 1. The summed E-state index contributed by atoms with van der Waals surface area (Å²) in [4.78, 5) is 52.0. The van der Waals surface area contributed by atoms with E-state index >= 15 is 0 Å². The number of amides is 3. The number of anilines is 1. The van der Waals surface area contributed by atoms with Crippen LogP contribution in [0.25, 0.3) is 16.6 Å². The van der Waals surface area contributed by atoms with Gasteiger partial charge in [0, 0.05) is 42.0 Å². The Labute approximate surface area is 351 Å². The summed E-state index contributed by atoms with van der Waals surface area (Å²) in [6.07, 6.45) is 5.38. The Kier molecular flexibility index (Phi) is 13.9. The molecular formula is C44H51F3N8O6. The van der Waals surface area contributed by atoms with Crippen LogP contribution in [0.1, 0.15) is 104 Å². The first-order valence-electron chi connectivity index (χ1n) is 20.4. The molecule has 0 spiro atoms. The van der Waals surface area contributed by atoms with E-state index in [-0.39, 0.29) is 35.0 Å². The highest BCUT2D eigenvalue weighted by molar-refractivity contribution is 6.01. The molecule has 324 valence electrons. The summed E-state index contributed by atoms with van der Waals surface area (Å²) in [5, 5.41) is 24.2. The molecule has 0 aliphatic carbocycles. The number of unbranched alkanes of at least 4 members (excludes halogenated alkanes) is 1. The number of aryl methyl sites for hydroxylation is 2. The average Bonchev–Trinajstić information content (AvgIpc) is 3.89. The molecule has 4 N–H and O–H groups in total. The number of nitrogens with zero attached hydrogens (tertiary/aromatic N) is 5. The molecule has 17 heteroatoms. The highest BCUT2D eigenvalue weighted by Gasteiger charge is 2.38. The van der Waals surface area contributed by atoms with Crippen LogP contribution in [0.3, 0.4) is 0 Å². The number of aliphatic carboxylic acids is 1. The third-order valence-corrected chi connectivity index (χ3v) is 10.9. The number of halogens is 3. The minimum Gasteiger partial charge on any atom is -0.475 e. The zero-order chi connectivity index (χ0) is 43.9. The zero-order valence-corrected chi connectivity index (χ0v) is 34.6. The normalized spacial score (nSPS) is 16.5. The van der Waals surface area contributed by atoms with Crippen molar-refractivity contribution in [2.45, 2.75) is 103 Å². The topological polar surface area (TPSA) is 184 Å². The van der Waals surface area contributed by atoms with Crippen LogP contribution in [0.15, 0.2) is 71.5 Å². The second-order valence-corrected chi connectivity index (χ2v) is 16.6. The lowest BCUT2D eigenvalue weighted by molar-refractivity contribution is -0.192. The Hall–Kier alpha value is -6.10. The third kappa shape index (κ3) is 11.8. The Morgan fingerprint density at radius 2 is 1.70 bits per heavy atom. The van der Waals surface area contributed by atoms with E-state index in [1.165, 1.54) is 11.1 Å². The van der Waals surface area contributed by atoms with Crippen molar-refractivity contribution < 1.29 is 42.0 Å². The number of hydrogen-bond donors (Lipinski definition) is 4. The number of carbonyl (C=O) groups is 4. The van der Waals surface area contributed by atoms with Crippen molar-refractivity contribution in [1.82, 2.24) is 35.3 Å². The number of carbonyl (C=O) groups excluding carboxylic acids is 3. The van der Waals surface area contributed by atoms with Crippen LogP contribution < -0.4 is 16.0 Å². The molecule has 5 aromatic rings. The van der Waals surface area contributed by atoms with Crippen LogP contribution in [0.4, 0.5) is 18.9 Å². The van der Waals surface area contributed by atoms with Gasteiger partial charge in [-0.3, -0.25) is 19.7 Å². The van der Waals surface area contributed by atoms with Crippen molar-refractivity contribution in [3.8, 4) is 11.1 Å². The van der Waals surface area contributed by atoms with Crippen molar-refractivity contribution >= 4 is 34.9 Å². The number of benzene rings is 2. The summed E-state index contributed by atoms with van der Waals surface area (Å²) in [7, 11) is 0. The number of carboxylic acids is 1. The van der Waals surface area contributed by atoms with Crippen LogP contribution in [-0.2, 0) is 32.8 Å². The van der Waals surface area contributed by atoms with Gasteiger partial charge >= 0.3 is 12.1 Å². The molecular weight excluding hydrogens is 794 g/mol. The largest absolute Gasteiger partial charge is 0.490 e. The number of nitrogens with one attached hydrogen (secondary N) is 3. The number of fused-ring (bicyclic) bond motifs is 1. The summed E-state index contributed by atoms with van der Waals surface area (Å²) >= 11 is 0. The average molecular weight is 845 g/mol. The van der Waals surface area contributed by atoms with Crippen LogP contribution in [0.2, 0.25) is 0 Å².